The average molecular weight is 456 g/mol. The van der Waals surface area contributed by atoms with E-state index in [4.69, 9.17) is 27.6 Å². The molecule has 0 aliphatic carbocycles. The molecule has 7 heteroatoms. The molecule has 2 heterocycles. The summed E-state index contributed by atoms with van der Waals surface area (Å²) in [5.41, 5.74) is 2.76. The first kappa shape index (κ1) is 22.0. The number of hydrogen-bond acceptors (Lipinski definition) is 5. The maximum atomic E-state index is 12.0. The molecular formula is C26H18ClN3O3. The summed E-state index contributed by atoms with van der Waals surface area (Å²) in [6, 6.07) is 20.1. The highest BCUT2D eigenvalue weighted by Gasteiger charge is 2.18. The molecule has 2 aromatic carbocycles. The van der Waals surface area contributed by atoms with Gasteiger partial charge < -0.3 is 9.47 Å². The Hall–Kier alpha value is -4.21. The van der Waals surface area contributed by atoms with Crippen LogP contribution in [0.5, 0.6) is 11.5 Å². The van der Waals surface area contributed by atoms with Gasteiger partial charge in [-0.2, -0.15) is 0 Å². The molecule has 0 spiro atoms. The van der Waals surface area contributed by atoms with Crippen molar-refractivity contribution >= 4 is 23.3 Å². The van der Waals surface area contributed by atoms with Crippen LogP contribution >= 0.6 is 11.6 Å². The van der Waals surface area contributed by atoms with Crippen molar-refractivity contribution in [1.29, 1.82) is 0 Å². The van der Waals surface area contributed by atoms with Crippen LogP contribution in [0.2, 0.25) is 5.02 Å². The van der Waals surface area contributed by atoms with E-state index in [1.54, 1.807) is 25.3 Å². The zero-order chi connectivity index (χ0) is 23.2. The topological polar surface area (TPSA) is 65.7 Å². The monoisotopic (exact) mass is 455 g/mol. The highest BCUT2D eigenvalue weighted by Crippen LogP contribution is 2.41. The van der Waals surface area contributed by atoms with Gasteiger partial charge in [0.15, 0.2) is 0 Å². The maximum absolute atomic E-state index is 12.0. The van der Waals surface area contributed by atoms with E-state index in [2.05, 4.69) is 14.8 Å². The van der Waals surface area contributed by atoms with Gasteiger partial charge in [0.25, 0.3) is 0 Å². The Morgan fingerprint density at radius 3 is 2.42 bits per heavy atom. The van der Waals surface area contributed by atoms with Gasteiger partial charge in [-0.25, -0.2) is 14.6 Å². The standard InChI is InChI=1S/C26H18ClN3O3/c1-3-32-26(31)22-15-18(13-14-29-22)24-23(27)25(28-2)21(16-30-24)17-9-11-20(12-10-17)33-19-7-5-4-6-8-19/h4-16H,3H2,1H3. The fourth-order valence-electron chi connectivity index (χ4n) is 3.22. The van der Waals surface area contributed by atoms with Crippen LogP contribution < -0.4 is 4.74 Å². The van der Waals surface area contributed by atoms with Crippen LogP contribution in [0.25, 0.3) is 27.2 Å². The number of esters is 1. The van der Waals surface area contributed by atoms with Crippen LogP contribution in [-0.2, 0) is 4.74 Å². The van der Waals surface area contributed by atoms with Gasteiger partial charge in [0.05, 0.1) is 23.9 Å². The summed E-state index contributed by atoms with van der Waals surface area (Å²) in [7, 11) is 0. The summed E-state index contributed by atoms with van der Waals surface area (Å²) in [6.07, 6.45) is 3.09. The minimum absolute atomic E-state index is 0.148. The summed E-state index contributed by atoms with van der Waals surface area (Å²) in [4.78, 5) is 24.2. The molecule has 0 fully saturated rings. The smallest absolute Gasteiger partial charge is 0.356 e. The SMILES string of the molecule is [C-]#[N+]c1c(-c2ccc(Oc3ccccc3)cc2)cnc(-c2ccnc(C(=O)OCC)c2)c1Cl. The number of para-hydroxylation sites is 1. The van der Waals surface area contributed by atoms with E-state index >= 15 is 0 Å². The first-order valence-electron chi connectivity index (χ1n) is 10.1. The molecular weight excluding hydrogens is 438 g/mol. The van der Waals surface area contributed by atoms with Gasteiger partial charge in [-0.15, -0.1) is 0 Å². The highest BCUT2D eigenvalue weighted by molar-refractivity contribution is 6.36. The van der Waals surface area contributed by atoms with Gasteiger partial charge in [0.1, 0.15) is 17.2 Å². The second kappa shape index (κ2) is 9.94. The van der Waals surface area contributed by atoms with Crippen LogP contribution in [0.1, 0.15) is 17.4 Å². The van der Waals surface area contributed by atoms with Crippen molar-refractivity contribution in [2.75, 3.05) is 6.61 Å². The van der Waals surface area contributed by atoms with Crippen molar-refractivity contribution in [3.05, 3.63) is 101 Å². The van der Waals surface area contributed by atoms with Crippen molar-refractivity contribution < 1.29 is 14.3 Å². The number of benzene rings is 2. The van der Waals surface area contributed by atoms with Gasteiger partial charge in [-0.1, -0.05) is 41.9 Å². The van der Waals surface area contributed by atoms with Gasteiger partial charge in [0, 0.05) is 23.5 Å². The quantitative estimate of drug-likeness (QED) is 0.231. The van der Waals surface area contributed by atoms with Gasteiger partial charge in [-0.05, 0) is 48.9 Å². The third-order valence-electron chi connectivity index (χ3n) is 4.77. The first-order chi connectivity index (χ1) is 16.1. The number of rotatable bonds is 6. The number of hydrogen-bond donors (Lipinski definition) is 0. The van der Waals surface area contributed by atoms with Crippen LogP contribution in [0.15, 0.2) is 79.1 Å². The predicted molar refractivity (Wildman–Crippen MR) is 127 cm³/mol. The fraction of sp³-hybridized carbons (Fsp3) is 0.0769. The molecule has 0 amide bonds. The Morgan fingerprint density at radius 2 is 1.73 bits per heavy atom. The van der Waals surface area contributed by atoms with Gasteiger partial charge in [0.2, 0.25) is 5.69 Å². The van der Waals surface area contributed by atoms with E-state index in [1.165, 1.54) is 6.20 Å². The molecule has 2 aromatic heterocycles. The summed E-state index contributed by atoms with van der Waals surface area (Å²) in [5, 5.41) is 0.202. The zero-order valence-corrected chi connectivity index (χ0v) is 18.4. The minimum atomic E-state index is -0.532. The lowest BCUT2D eigenvalue weighted by Gasteiger charge is -2.12. The Labute approximate surface area is 196 Å². The molecule has 6 nitrogen and oxygen atoms in total. The van der Waals surface area contributed by atoms with Crippen LogP contribution in [-0.4, -0.2) is 22.5 Å². The molecule has 0 atom stereocenters. The lowest BCUT2D eigenvalue weighted by molar-refractivity contribution is 0.0519. The van der Waals surface area contributed by atoms with Crippen LogP contribution in [0, 0.1) is 6.57 Å². The van der Waals surface area contributed by atoms with E-state index in [9.17, 15) is 4.79 Å². The van der Waals surface area contributed by atoms with Crippen LogP contribution in [0.4, 0.5) is 5.69 Å². The van der Waals surface area contributed by atoms with Gasteiger partial charge in [-0.3, -0.25) is 4.98 Å². The zero-order valence-electron chi connectivity index (χ0n) is 17.7. The average Bonchev–Trinajstić information content (AvgIpc) is 2.85. The summed E-state index contributed by atoms with van der Waals surface area (Å²) in [6.45, 7) is 9.66. The largest absolute Gasteiger partial charge is 0.461 e. The Balaban J connectivity index is 1.66. The molecule has 162 valence electrons. The Kier molecular flexibility index (Phi) is 6.63. The van der Waals surface area contributed by atoms with Crippen LogP contribution in [0.3, 0.4) is 0 Å². The lowest BCUT2D eigenvalue weighted by Crippen LogP contribution is -2.07. The first-order valence-corrected chi connectivity index (χ1v) is 10.5. The number of pyridine rings is 2. The second-order valence-corrected chi connectivity index (χ2v) is 7.26. The summed E-state index contributed by atoms with van der Waals surface area (Å²) >= 11 is 6.59. The number of nitrogens with zero attached hydrogens (tertiary/aromatic N) is 3. The number of aromatic nitrogens is 2. The minimum Gasteiger partial charge on any atom is -0.461 e. The number of halogens is 1. The Bertz CT molecular complexity index is 1330. The molecule has 4 rings (SSSR count). The van der Waals surface area contributed by atoms with Crippen molar-refractivity contribution in [3.63, 3.8) is 0 Å². The lowest BCUT2D eigenvalue weighted by atomic mass is 10.0. The fourth-order valence-corrected chi connectivity index (χ4v) is 3.52. The third-order valence-corrected chi connectivity index (χ3v) is 5.13. The molecule has 0 aliphatic rings. The molecule has 0 saturated heterocycles. The highest BCUT2D eigenvalue weighted by atomic mass is 35.5. The normalized spacial score (nSPS) is 10.3. The van der Waals surface area contributed by atoms with E-state index in [1.807, 2.05) is 54.6 Å². The molecule has 0 aliphatic heterocycles. The van der Waals surface area contributed by atoms with Crippen molar-refractivity contribution in [2.45, 2.75) is 6.92 Å². The van der Waals surface area contributed by atoms with Crippen molar-refractivity contribution in [3.8, 4) is 33.9 Å². The van der Waals surface area contributed by atoms with Crippen molar-refractivity contribution in [2.24, 2.45) is 0 Å². The van der Waals surface area contributed by atoms with E-state index < -0.39 is 5.97 Å². The molecule has 0 N–H and O–H groups in total. The maximum Gasteiger partial charge on any atom is 0.356 e. The summed E-state index contributed by atoms with van der Waals surface area (Å²) in [5.74, 6) is 0.879. The van der Waals surface area contributed by atoms with Gasteiger partial charge >= 0.3 is 5.97 Å². The second-order valence-electron chi connectivity index (χ2n) is 6.88. The molecule has 0 saturated carbocycles. The predicted octanol–water partition coefficient (Wildman–Crippen LogP) is 6.98. The van der Waals surface area contributed by atoms with E-state index in [-0.39, 0.29) is 23.0 Å². The van der Waals surface area contributed by atoms with E-state index in [0.717, 1.165) is 11.3 Å². The molecule has 33 heavy (non-hydrogen) atoms. The number of carbonyl (C=O) groups excluding carboxylic acids is 1. The number of ether oxygens (including phenoxy) is 2. The molecule has 0 unspecified atom stereocenters. The van der Waals surface area contributed by atoms with E-state index in [0.29, 0.717) is 22.6 Å². The molecule has 0 bridgehead atoms. The summed E-state index contributed by atoms with van der Waals surface area (Å²) < 4.78 is 10.8. The third kappa shape index (κ3) is 4.84. The number of carbonyl (C=O) groups is 1. The molecule has 0 radical (unpaired) electrons. The molecule has 4 aromatic rings. The Morgan fingerprint density at radius 1 is 1.00 bits per heavy atom. The van der Waals surface area contributed by atoms with Crippen molar-refractivity contribution in [1.82, 2.24) is 9.97 Å².